The predicted molar refractivity (Wildman–Crippen MR) is 259 cm³/mol. The highest BCUT2D eigenvalue weighted by atomic mass is 32.1. The number of hydrogen-bond donors (Lipinski definition) is 0. The van der Waals surface area contributed by atoms with Crippen LogP contribution in [0.4, 0.5) is 17.1 Å². The van der Waals surface area contributed by atoms with E-state index in [1.165, 1.54) is 86.6 Å². The number of nitrogens with zero attached hydrogens (tertiary/aromatic N) is 1. The summed E-state index contributed by atoms with van der Waals surface area (Å²) in [5.74, 6) is 0. The van der Waals surface area contributed by atoms with E-state index in [0.29, 0.717) is 0 Å². The molecule has 0 spiro atoms. The van der Waals surface area contributed by atoms with E-state index in [9.17, 15) is 0 Å². The van der Waals surface area contributed by atoms with Gasteiger partial charge in [0.2, 0.25) is 0 Å². The molecule has 0 aliphatic rings. The Labute approximate surface area is 354 Å². The number of para-hydroxylation sites is 1. The molecule has 0 radical (unpaired) electrons. The van der Waals surface area contributed by atoms with Gasteiger partial charge in [-0.25, -0.2) is 0 Å². The molecular weight excluding hydrogens is 743 g/mol. The molecule has 2 heteroatoms. The predicted octanol–water partition coefficient (Wildman–Crippen LogP) is 17.0. The molecule has 0 amide bonds. The van der Waals surface area contributed by atoms with Gasteiger partial charge in [-0.3, -0.25) is 0 Å². The topological polar surface area (TPSA) is 3.24 Å². The van der Waals surface area contributed by atoms with Crippen molar-refractivity contribution in [2.45, 2.75) is 0 Å². The van der Waals surface area contributed by atoms with Crippen LogP contribution < -0.4 is 4.90 Å². The van der Waals surface area contributed by atoms with Gasteiger partial charge >= 0.3 is 0 Å². The minimum atomic E-state index is 1.10. The highest BCUT2D eigenvalue weighted by molar-refractivity contribution is 7.26. The van der Waals surface area contributed by atoms with Crippen molar-refractivity contribution in [1.29, 1.82) is 0 Å². The second-order valence-electron chi connectivity index (χ2n) is 15.2. The number of benzene rings is 10. The summed E-state index contributed by atoms with van der Waals surface area (Å²) in [6, 6.07) is 86.1. The summed E-state index contributed by atoms with van der Waals surface area (Å²) >= 11 is 1.87. The molecule has 0 fully saturated rings. The maximum atomic E-state index is 2.47. The van der Waals surface area contributed by atoms with Crippen molar-refractivity contribution in [3.8, 4) is 55.6 Å². The first-order chi connectivity index (χ1) is 29.8. The molecule has 0 saturated heterocycles. The summed E-state index contributed by atoms with van der Waals surface area (Å²) in [7, 11) is 0. The standard InChI is InChI=1S/C58H39NS/c1-2-16-44(17-3-1)48-19-6-7-20-49(48)50-21-8-9-22-51(50)52-23-10-12-26-55(52)59(56-27-14-25-54-53-24-11-13-28-57(53)60-58(54)56)47-37-35-42(36-38-47)41-29-31-43(32-30-41)46-34-33-40-15-4-5-18-45(40)39-46/h1-39H. The molecule has 0 bridgehead atoms. The van der Waals surface area contributed by atoms with Crippen LogP contribution in [0.3, 0.4) is 0 Å². The highest BCUT2D eigenvalue weighted by Gasteiger charge is 2.23. The largest absolute Gasteiger partial charge is 0.308 e. The van der Waals surface area contributed by atoms with Gasteiger partial charge in [-0.1, -0.05) is 200 Å². The van der Waals surface area contributed by atoms with E-state index < -0.39 is 0 Å². The molecule has 0 aliphatic carbocycles. The third-order valence-electron chi connectivity index (χ3n) is 11.7. The molecule has 0 atom stereocenters. The van der Waals surface area contributed by atoms with Crippen molar-refractivity contribution in [3.05, 3.63) is 237 Å². The van der Waals surface area contributed by atoms with Gasteiger partial charge < -0.3 is 4.90 Å². The molecule has 0 aliphatic heterocycles. The SMILES string of the molecule is c1ccc(-c2ccccc2-c2ccccc2-c2ccccc2N(c2ccc(-c3ccc(-c4ccc5ccccc5c4)cc3)cc2)c2cccc3c2sc2ccccc23)cc1. The van der Waals surface area contributed by atoms with E-state index in [0.717, 1.165) is 17.1 Å². The first-order valence-electron chi connectivity index (χ1n) is 20.5. The Hall–Kier alpha value is -7.52. The van der Waals surface area contributed by atoms with Gasteiger partial charge in [0.1, 0.15) is 0 Å². The van der Waals surface area contributed by atoms with E-state index in [4.69, 9.17) is 0 Å². The van der Waals surface area contributed by atoms with Crippen molar-refractivity contribution in [2.24, 2.45) is 0 Å². The van der Waals surface area contributed by atoms with Gasteiger partial charge in [-0.2, -0.15) is 0 Å². The fourth-order valence-electron chi connectivity index (χ4n) is 8.78. The number of thiophene rings is 1. The molecular formula is C58H39NS. The second-order valence-corrected chi connectivity index (χ2v) is 16.3. The van der Waals surface area contributed by atoms with Crippen LogP contribution in [0.15, 0.2) is 237 Å². The van der Waals surface area contributed by atoms with Crippen molar-refractivity contribution in [3.63, 3.8) is 0 Å². The summed E-state index contributed by atoms with van der Waals surface area (Å²) < 4.78 is 2.56. The van der Waals surface area contributed by atoms with Crippen molar-refractivity contribution in [2.75, 3.05) is 4.90 Å². The summed E-state index contributed by atoms with van der Waals surface area (Å²) in [4.78, 5) is 2.47. The molecule has 1 aromatic heterocycles. The second kappa shape index (κ2) is 15.3. The van der Waals surface area contributed by atoms with Crippen LogP contribution in [0.25, 0.3) is 86.6 Å². The zero-order valence-electron chi connectivity index (χ0n) is 32.9. The maximum absolute atomic E-state index is 2.47. The Morgan fingerprint density at radius 1 is 0.283 bits per heavy atom. The smallest absolute Gasteiger partial charge is 0.0640 e. The highest BCUT2D eigenvalue weighted by Crippen LogP contribution is 2.49. The quantitative estimate of drug-likeness (QED) is 0.148. The van der Waals surface area contributed by atoms with Gasteiger partial charge in [0.05, 0.1) is 16.1 Å². The Bertz CT molecular complexity index is 3310. The van der Waals surface area contributed by atoms with E-state index in [1.54, 1.807) is 0 Å². The van der Waals surface area contributed by atoms with Crippen molar-refractivity contribution >= 4 is 59.3 Å². The molecule has 10 aromatic carbocycles. The molecule has 1 heterocycles. The minimum Gasteiger partial charge on any atom is -0.308 e. The van der Waals surface area contributed by atoms with Crippen molar-refractivity contribution in [1.82, 2.24) is 0 Å². The minimum absolute atomic E-state index is 1.10. The lowest BCUT2D eigenvalue weighted by molar-refractivity contribution is 1.30. The lowest BCUT2D eigenvalue weighted by Crippen LogP contribution is -2.11. The van der Waals surface area contributed by atoms with Crippen LogP contribution in [0.5, 0.6) is 0 Å². The van der Waals surface area contributed by atoms with E-state index >= 15 is 0 Å². The van der Waals surface area contributed by atoms with Gasteiger partial charge in [0.15, 0.2) is 0 Å². The third-order valence-corrected chi connectivity index (χ3v) is 12.9. The molecule has 282 valence electrons. The molecule has 60 heavy (non-hydrogen) atoms. The fourth-order valence-corrected chi connectivity index (χ4v) is 9.99. The molecule has 11 rings (SSSR count). The molecule has 11 aromatic rings. The monoisotopic (exact) mass is 781 g/mol. The number of rotatable bonds is 8. The fraction of sp³-hybridized carbons (Fsp3) is 0. The summed E-state index contributed by atoms with van der Waals surface area (Å²) in [5.41, 5.74) is 15.4. The van der Waals surface area contributed by atoms with Gasteiger partial charge in [0.25, 0.3) is 0 Å². The zero-order chi connectivity index (χ0) is 39.8. The summed E-state index contributed by atoms with van der Waals surface area (Å²) in [6.45, 7) is 0. The zero-order valence-corrected chi connectivity index (χ0v) is 33.7. The first kappa shape index (κ1) is 35.6. The molecule has 0 N–H and O–H groups in total. The lowest BCUT2D eigenvalue weighted by Gasteiger charge is -2.29. The van der Waals surface area contributed by atoms with Gasteiger partial charge in [-0.05, 0) is 97.2 Å². The first-order valence-corrected chi connectivity index (χ1v) is 21.3. The van der Waals surface area contributed by atoms with Crippen LogP contribution in [0.2, 0.25) is 0 Å². The average molecular weight is 782 g/mol. The molecule has 0 saturated carbocycles. The van der Waals surface area contributed by atoms with E-state index in [-0.39, 0.29) is 0 Å². The summed E-state index contributed by atoms with van der Waals surface area (Å²) in [5, 5.41) is 5.08. The van der Waals surface area contributed by atoms with Crippen LogP contribution in [-0.2, 0) is 0 Å². The van der Waals surface area contributed by atoms with Crippen LogP contribution >= 0.6 is 11.3 Å². The van der Waals surface area contributed by atoms with E-state index in [1.807, 2.05) is 11.3 Å². The van der Waals surface area contributed by atoms with Crippen LogP contribution in [-0.4, -0.2) is 0 Å². The number of fused-ring (bicyclic) bond motifs is 4. The maximum Gasteiger partial charge on any atom is 0.0640 e. The normalized spacial score (nSPS) is 11.3. The van der Waals surface area contributed by atoms with Crippen LogP contribution in [0.1, 0.15) is 0 Å². The summed E-state index contributed by atoms with van der Waals surface area (Å²) in [6.07, 6.45) is 0. The molecule has 0 unspecified atom stereocenters. The van der Waals surface area contributed by atoms with Gasteiger partial charge in [0, 0.05) is 26.7 Å². The Balaban J connectivity index is 1.04. The third kappa shape index (κ3) is 6.44. The lowest BCUT2D eigenvalue weighted by atomic mass is 9.88. The average Bonchev–Trinajstić information content (AvgIpc) is 3.72. The number of hydrogen-bond acceptors (Lipinski definition) is 2. The van der Waals surface area contributed by atoms with Crippen molar-refractivity contribution < 1.29 is 0 Å². The van der Waals surface area contributed by atoms with Gasteiger partial charge in [-0.15, -0.1) is 11.3 Å². The van der Waals surface area contributed by atoms with Crippen LogP contribution in [0, 0.1) is 0 Å². The Morgan fingerprint density at radius 2 is 0.783 bits per heavy atom. The Morgan fingerprint density at radius 3 is 1.53 bits per heavy atom. The molecule has 1 nitrogen and oxygen atoms in total. The Kier molecular flexibility index (Phi) is 9.11. The van der Waals surface area contributed by atoms with E-state index in [2.05, 4.69) is 241 Å². The number of anilines is 3.